The summed E-state index contributed by atoms with van der Waals surface area (Å²) < 4.78 is 0. The Morgan fingerprint density at radius 3 is 2.83 bits per heavy atom. The summed E-state index contributed by atoms with van der Waals surface area (Å²) in [4.78, 5) is 13.2. The topological polar surface area (TPSA) is 17.1 Å². The molecule has 0 bridgehead atoms. The third-order valence-corrected chi connectivity index (χ3v) is 3.92. The lowest BCUT2D eigenvalue weighted by Crippen LogP contribution is -2.03. The highest BCUT2D eigenvalue weighted by Gasteiger charge is 2.04. The molecule has 0 atom stereocenters. The van der Waals surface area contributed by atoms with Crippen LogP contribution in [0, 0.1) is 0 Å². The van der Waals surface area contributed by atoms with Crippen LogP contribution in [-0.4, -0.2) is 5.78 Å². The Bertz CT molecular complexity index is 505. The van der Waals surface area contributed by atoms with E-state index in [1.165, 1.54) is 4.88 Å². The molecule has 1 nitrogen and oxygen atoms in total. The van der Waals surface area contributed by atoms with Crippen molar-refractivity contribution in [2.45, 2.75) is 25.7 Å². The molecule has 0 radical (unpaired) electrons. The third-order valence-electron chi connectivity index (χ3n) is 2.75. The van der Waals surface area contributed by atoms with Crippen LogP contribution in [0.3, 0.4) is 0 Å². The highest BCUT2D eigenvalue weighted by atomic mass is 35.5. The number of hydrogen-bond acceptors (Lipinski definition) is 2. The maximum Gasteiger partial charge on any atom is 0.137 e. The fourth-order valence-electron chi connectivity index (χ4n) is 1.88. The Morgan fingerprint density at radius 2 is 2.11 bits per heavy atom. The van der Waals surface area contributed by atoms with Gasteiger partial charge in [-0.2, -0.15) is 0 Å². The molecule has 2 aromatic rings. The summed E-state index contributed by atoms with van der Waals surface area (Å²) in [7, 11) is 0. The zero-order valence-corrected chi connectivity index (χ0v) is 11.6. The molecule has 0 saturated heterocycles. The molecular weight excluding hydrogens is 264 g/mol. The van der Waals surface area contributed by atoms with Crippen LogP contribution in [0.2, 0.25) is 5.02 Å². The first kappa shape index (κ1) is 13.3. The molecule has 0 unspecified atom stereocenters. The molecule has 0 saturated carbocycles. The second kappa shape index (κ2) is 6.72. The number of ketones is 1. The first-order valence-electron chi connectivity index (χ1n) is 6.02. The average molecular weight is 279 g/mol. The normalized spacial score (nSPS) is 10.5. The number of hydrogen-bond donors (Lipinski definition) is 0. The molecule has 1 heterocycles. The lowest BCUT2D eigenvalue weighted by molar-refractivity contribution is -0.118. The molecule has 0 fully saturated rings. The maximum atomic E-state index is 11.8. The summed E-state index contributed by atoms with van der Waals surface area (Å²) in [6.45, 7) is 0. The van der Waals surface area contributed by atoms with E-state index in [9.17, 15) is 4.79 Å². The SMILES string of the molecule is O=C(CCCc1cccs1)Cc1cccc(Cl)c1. The number of aryl methyl sites for hydroxylation is 1. The van der Waals surface area contributed by atoms with Crippen molar-refractivity contribution in [3.8, 4) is 0 Å². The summed E-state index contributed by atoms with van der Waals surface area (Å²) in [5, 5.41) is 2.77. The number of rotatable bonds is 6. The molecule has 0 aliphatic carbocycles. The molecule has 0 aliphatic rings. The van der Waals surface area contributed by atoms with Gasteiger partial charge >= 0.3 is 0 Å². The van der Waals surface area contributed by atoms with Crippen molar-refractivity contribution in [1.82, 2.24) is 0 Å². The van der Waals surface area contributed by atoms with Crippen LogP contribution in [0.4, 0.5) is 0 Å². The first-order valence-corrected chi connectivity index (χ1v) is 7.28. The zero-order chi connectivity index (χ0) is 12.8. The largest absolute Gasteiger partial charge is 0.299 e. The van der Waals surface area contributed by atoms with E-state index in [0.717, 1.165) is 18.4 Å². The lowest BCUT2D eigenvalue weighted by Gasteiger charge is -2.01. The first-order chi connectivity index (χ1) is 8.74. The molecule has 0 N–H and O–H groups in total. The summed E-state index contributed by atoms with van der Waals surface area (Å²) in [6.07, 6.45) is 3.06. The number of carbonyl (C=O) groups is 1. The van der Waals surface area contributed by atoms with Crippen LogP contribution in [0.1, 0.15) is 23.3 Å². The lowest BCUT2D eigenvalue weighted by atomic mass is 10.0. The van der Waals surface area contributed by atoms with E-state index in [1.807, 2.05) is 30.3 Å². The van der Waals surface area contributed by atoms with Gasteiger partial charge in [0.05, 0.1) is 0 Å². The number of halogens is 1. The van der Waals surface area contributed by atoms with Gasteiger partial charge in [0, 0.05) is 22.7 Å². The Kier molecular flexibility index (Phi) is 4.97. The van der Waals surface area contributed by atoms with Crippen molar-refractivity contribution in [1.29, 1.82) is 0 Å². The van der Waals surface area contributed by atoms with Gasteiger partial charge in [-0.05, 0) is 42.0 Å². The zero-order valence-electron chi connectivity index (χ0n) is 10.1. The predicted molar refractivity (Wildman–Crippen MR) is 77.4 cm³/mol. The number of Topliss-reactive ketones (excluding diaryl/α,β-unsaturated/α-hetero) is 1. The van der Waals surface area contributed by atoms with E-state index in [0.29, 0.717) is 17.9 Å². The van der Waals surface area contributed by atoms with Gasteiger partial charge in [-0.25, -0.2) is 0 Å². The fraction of sp³-hybridized carbons (Fsp3) is 0.267. The third kappa shape index (κ3) is 4.28. The second-order valence-electron chi connectivity index (χ2n) is 4.28. The summed E-state index contributed by atoms with van der Waals surface area (Å²) in [5.41, 5.74) is 1.00. The smallest absolute Gasteiger partial charge is 0.137 e. The van der Waals surface area contributed by atoms with E-state index in [1.54, 1.807) is 11.3 Å². The summed E-state index contributed by atoms with van der Waals surface area (Å²) in [6, 6.07) is 11.7. The second-order valence-corrected chi connectivity index (χ2v) is 5.75. The van der Waals surface area contributed by atoms with Crippen molar-refractivity contribution in [3.05, 3.63) is 57.2 Å². The van der Waals surface area contributed by atoms with E-state index in [2.05, 4.69) is 11.4 Å². The minimum atomic E-state index is 0.286. The molecule has 18 heavy (non-hydrogen) atoms. The Hall–Kier alpha value is -1.12. The number of carbonyl (C=O) groups excluding carboxylic acids is 1. The van der Waals surface area contributed by atoms with Gasteiger partial charge in [-0.3, -0.25) is 4.79 Å². The van der Waals surface area contributed by atoms with Crippen molar-refractivity contribution in [2.75, 3.05) is 0 Å². The number of benzene rings is 1. The van der Waals surface area contributed by atoms with Gasteiger partial charge < -0.3 is 0 Å². The quantitative estimate of drug-likeness (QED) is 0.758. The number of thiophene rings is 1. The minimum absolute atomic E-state index is 0.286. The Balaban J connectivity index is 1.75. The van der Waals surface area contributed by atoms with Gasteiger partial charge in [-0.1, -0.05) is 29.8 Å². The Labute approximate surface area is 116 Å². The van der Waals surface area contributed by atoms with Crippen LogP contribution < -0.4 is 0 Å². The van der Waals surface area contributed by atoms with Crippen LogP contribution in [0.5, 0.6) is 0 Å². The summed E-state index contributed by atoms with van der Waals surface area (Å²) >= 11 is 7.64. The van der Waals surface area contributed by atoms with Crippen molar-refractivity contribution in [3.63, 3.8) is 0 Å². The van der Waals surface area contributed by atoms with Crippen molar-refractivity contribution < 1.29 is 4.79 Å². The van der Waals surface area contributed by atoms with Gasteiger partial charge in [0.1, 0.15) is 5.78 Å². The van der Waals surface area contributed by atoms with Crippen LogP contribution in [0.15, 0.2) is 41.8 Å². The monoisotopic (exact) mass is 278 g/mol. The summed E-state index contributed by atoms with van der Waals surface area (Å²) in [5.74, 6) is 0.286. The van der Waals surface area contributed by atoms with Crippen LogP contribution >= 0.6 is 22.9 Å². The predicted octanol–water partition coefficient (Wildman–Crippen LogP) is 4.54. The van der Waals surface area contributed by atoms with Gasteiger partial charge in [0.15, 0.2) is 0 Å². The van der Waals surface area contributed by atoms with Gasteiger partial charge in [-0.15, -0.1) is 11.3 Å². The van der Waals surface area contributed by atoms with E-state index >= 15 is 0 Å². The molecule has 1 aromatic carbocycles. The van der Waals surface area contributed by atoms with Crippen molar-refractivity contribution >= 4 is 28.7 Å². The molecule has 3 heteroatoms. The minimum Gasteiger partial charge on any atom is -0.299 e. The Morgan fingerprint density at radius 1 is 1.22 bits per heavy atom. The molecule has 0 amide bonds. The van der Waals surface area contributed by atoms with E-state index in [4.69, 9.17) is 11.6 Å². The fourth-order valence-corrected chi connectivity index (χ4v) is 2.84. The van der Waals surface area contributed by atoms with E-state index in [-0.39, 0.29) is 5.78 Å². The molecule has 0 spiro atoms. The highest BCUT2D eigenvalue weighted by molar-refractivity contribution is 7.09. The molecule has 0 aliphatic heterocycles. The van der Waals surface area contributed by atoms with Crippen molar-refractivity contribution in [2.24, 2.45) is 0 Å². The van der Waals surface area contributed by atoms with Gasteiger partial charge in [0.25, 0.3) is 0 Å². The average Bonchev–Trinajstić information content (AvgIpc) is 2.82. The maximum absolute atomic E-state index is 11.8. The van der Waals surface area contributed by atoms with Gasteiger partial charge in [0.2, 0.25) is 0 Å². The van der Waals surface area contributed by atoms with E-state index < -0.39 is 0 Å². The molecular formula is C15H15ClOS. The molecule has 94 valence electrons. The standard InChI is InChI=1S/C15H15ClOS/c16-13-5-1-4-12(10-13)11-14(17)6-2-7-15-8-3-9-18-15/h1,3-5,8-10H,2,6-7,11H2. The molecule has 2 rings (SSSR count). The highest BCUT2D eigenvalue weighted by Crippen LogP contribution is 2.14. The molecule has 1 aromatic heterocycles. The van der Waals surface area contributed by atoms with Crippen LogP contribution in [0.25, 0.3) is 0 Å². The van der Waals surface area contributed by atoms with Crippen LogP contribution in [-0.2, 0) is 17.6 Å².